The van der Waals surface area contributed by atoms with E-state index in [0.717, 1.165) is 62.7 Å². The van der Waals surface area contributed by atoms with E-state index in [1.807, 2.05) is 6.07 Å². The summed E-state index contributed by atoms with van der Waals surface area (Å²) in [5.74, 6) is 2.06. The second-order valence-corrected chi connectivity index (χ2v) is 8.19. The Bertz CT molecular complexity index is 720. The minimum Gasteiger partial charge on any atom is -0.356 e. The SMILES string of the molecule is O=C(NCC1CCN(c2nc(Cc3ccccc3)ns2)CC1)C1CCC1. The molecule has 5 nitrogen and oxygen atoms in total. The van der Waals surface area contributed by atoms with Crippen LogP contribution in [0.5, 0.6) is 0 Å². The Balaban J connectivity index is 1.23. The number of piperidine rings is 1. The number of aromatic nitrogens is 2. The van der Waals surface area contributed by atoms with Crippen LogP contribution in [0.25, 0.3) is 0 Å². The number of amides is 1. The Morgan fingerprint density at radius 3 is 2.62 bits per heavy atom. The lowest BCUT2D eigenvalue weighted by molar-refractivity contribution is -0.127. The maximum absolute atomic E-state index is 12.0. The molecule has 1 aliphatic carbocycles. The topological polar surface area (TPSA) is 58.1 Å². The Labute approximate surface area is 159 Å². The zero-order chi connectivity index (χ0) is 17.8. The van der Waals surface area contributed by atoms with Gasteiger partial charge in [0.1, 0.15) is 5.82 Å². The van der Waals surface area contributed by atoms with Crippen molar-refractivity contribution >= 4 is 22.6 Å². The maximum Gasteiger partial charge on any atom is 0.223 e. The van der Waals surface area contributed by atoms with Gasteiger partial charge < -0.3 is 10.2 Å². The summed E-state index contributed by atoms with van der Waals surface area (Å²) in [6, 6.07) is 10.4. The number of hydrogen-bond acceptors (Lipinski definition) is 5. The summed E-state index contributed by atoms with van der Waals surface area (Å²) in [5.41, 5.74) is 1.25. The van der Waals surface area contributed by atoms with Gasteiger partial charge in [-0.2, -0.15) is 4.37 Å². The van der Waals surface area contributed by atoms with Crippen LogP contribution in [-0.2, 0) is 11.2 Å². The highest BCUT2D eigenvalue weighted by Gasteiger charge is 2.27. The van der Waals surface area contributed by atoms with Crippen molar-refractivity contribution in [2.45, 2.75) is 38.5 Å². The van der Waals surface area contributed by atoms with Gasteiger partial charge in [-0.05, 0) is 37.2 Å². The molecule has 0 spiro atoms. The molecule has 6 heteroatoms. The van der Waals surface area contributed by atoms with Crippen LogP contribution in [0.15, 0.2) is 30.3 Å². The van der Waals surface area contributed by atoms with E-state index in [-0.39, 0.29) is 5.91 Å². The highest BCUT2D eigenvalue weighted by molar-refractivity contribution is 7.09. The second-order valence-electron chi connectivity index (χ2n) is 7.46. The third kappa shape index (κ3) is 4.23. The van der Waals surface area contributed by atoms with E-state index in [4.69, 9.17) is 4.98 Å². The Morgan fingerprint density at radius 1 is 1.15 bits per heavy atom. The summed E-state index contributed by atoms with van der Waals surface area (Å²) in [6.07, 6.45) is 6.38. The predicted molar refractivity (Wildman–Crippen MR) is 104 cm³/mol. The molecule has 1 aromatic carbocycles. The van der Waals surface area contributed by atoms with Gasteiger partial charge in [0.05, 0.1) is 0 Å². The van der Waals surface area contributed by atoms with E-state index >= 15 is 0 Å². The number of benzene rings is 1. The third-order valence-corrected chi connectivity index (χ3v) is 6.40. The fourth-order valence-electron chi connectivity index (χ4n) is 3.61. The van der Waals surface area contributed by atoms with Gasteiger partial charge >= 0.3 is 0 Å². The van der Waals surface area contributed by atoms with Crippen LogP contribution in [0, 0.1) is 11.8 Å². The normalized spacial score (nSPS) is 18.5. The molecule has 4 rings (SSSR count). The number of hydrogen-bond donors (Lipinski definition) is 1. The minimum atomic E-state index is 0.272. The highest BCUT2D eigenvalue weighted by atomic mass is 32.1. The predicted octanol–water partition coefficient (Wildman–Crippen LogP) is 3.26. The van der Waals surface area contributed by atoms with E-state index in [1.54, 1.807) is 0 Å². The number of rotatable bonds is 6. The molecule has 1 saturated carbocycles. The lowest BCUT2D eigenvalue weighted by atomic mass is 9.84. The van der Waals surface area contributed by atoms with Crippen molar-refractivity contribution in [3.05, 3.63) is 41.7 Å². The van der Waals surface area contributed by atoms with Crippen molar-refractivity contribution in [3.8, 4) is 0 Å². The van der Waals surface area contributed by atoms with Gasteiger partial charge in [-0.15, -0.1) is 0 Å². The Kier molecular flexibility index (Phi) is 5.48. The summed E-state index contributed by atoms with van der Waals surface area (Å²) in [5, 5.41) is 4.19. The fraction of sp³-hybridized carbons (Fsp3) is 0.550. The van der Waals surface area contributed by atoms with Crippen LogP contribution in [0.1, 0.15) is 43.5 Å². The molecular weight excluding hydrogens is 344 g/mol. The molecule has 0 atom stereocenters. The summed E-state index contributed by atoms with van der Waals surface area (Å²) < 4.78 is 4.53. The largest absolute Gasteiger partial charge is 0.356 e. The first-order valence-corrected chi connectivity index (χ1v) is 10.4. The van der Waals surface area contributed by atoms with Crippen molar-refractivity contribution in [1.82, 2.24) is 14.7 Å². The number of nitrogens with one attached hydrogen (secondary N) is 1. The van der Waals surface area contributed by atoms with Crippen molar-refractivity contribution in [2.24, 2.45) is 11.8 Å². The Hall–Kier alpha value is -1.95. The highest BCUT2D eigenvalue weighted by Crippen LogP contribution is 2.27. The first-order valence-electron chi connectivity index (χ1n) is 9.67. The molecule has 26 heavy (non-hydrogen) atoms. The summed E-state index contributed by atoms with van der Waals surface area (Å²) >= 11 is 1.50. The molecule has 1 N–H and O–H groups in total. The first-order chi connectivity index (χ1) is 12.8. The minimum absolute atomic E-state index is 0.272. The number of nitrogens with zero attached hydrogens (tertiary/aromatic N) is 3. The number of carbonyl (C=O) groups excluding carboxylic acids is 1. The van der Waals surface area contributed by atoms with Crippen molar-refractivity contribution in [2.75, 3.05) is 24.5 Å². The van der Waals surface area contributed by atoms with Crippen LogP contribution < -0.4 is 10.2 Å². The average Bonchev–Trinajstić information content (AvgIpc) is 3.08. The molecule has 2 fully saturated rings. The van der Waals surface area contributed by atoms with E-state index in [0.29, 0.717) is 11.8 Å². The van der Waals surface area contributed by atoms with E-state index in [9.17, 15) is 4.79 Å². The fourth-order valence-corrected chi connectivity index (χ4v) is 4.35. The number of carbonyl (C=O) groups is 1. The van der Waals surface area contributed by atoms with Crippen molar-refractivity contribution in [1.29, 1.82) is 0 Å². The monoisotopic (exact) mass is 370 g/mol. The Morgan fingerprint density at radius 2 is 1.92 bits per heavy atom. The van der Waals surface area contributed by atoms with Crippen LogP contribution in [0.4, 0.5) is 5.13 Å². The molecule has 2 aliphatic rings. The van der Waals surface area contributed by atoms with E-state index in [1.165, 1.54) is 23.5 Å². The molecule has 2 aromatic rings. The molecule has 1 aliphatic heterocycles. The van der Waals surface area contributed by atoms with Gasteiger partial charge in [0.25, 0.3) is 0 Å². The molecule has 1 saturated heterocycles. The molecule has 0 bridgehead atoms. The van der Waals surface area contributed by atoms with Gasteiger partial charge in [-0.1, -0.05) is 36.8 Å². The summed E-state index contributed by atoms with van der Waals surface area (Å²) in [6.45, 7) is 2.84. The zero-order valence-corrected chi connectivity index (χ0v) is 15.9. The van der Waals surface area contributed by atoms with E-state index < -0.39 is 0 Å². The van der Waals surface area contributed by atoms with Gasteiger partial charge in [0.15, 0.2) is 0 Å². The lowest BCUT2D eigenvalue weighted by Gasteiger charge is -2.32. The average molecular weight is 371 g/mol. The molecule has 1 aromatic heterocycles. The van der Waals surface area contributed by atoms with Gasteiger partial charge in [-0.25, -0.2) is 4.98 Å². The van der Waals surface area contributed by atoms with Crippen LogP contribution in [-0.4, -0.2) is 34.9 Å². The standard InChI is InChI=1S/C20H26N4OS/c25-19(17-7-4-8-17)21-14-16-9-11-24(12-10-16)20-22-18(23-26-20)13-15-5-2-1-3-6-15/h1-3,5-6,16-17H,4,7-14H2,(H,21,25). The van der Waals surface area contributed by atoms with Crippen molar-refractivity contribution < 1.29 is 4.79 Å². The quantitative estimate of drug-likeness (QED) is 0.848. The van der Waals surface area contributed by atoms with E-state index in [2.05, 4.69) is 38.9 Å². The molecular formula is C20H26N4OS. The molecule has 138 valence electrons. The maximum atomic E-state index is 12.0. The number of anilines is 1. The van der Waals surface area contributed by atoms with Crippen LogP contribution in [0.3, 0.4) is 0 Å². The summed E-state index contributed by atoms with van der Waals surface area (Å²) in [7, 11) is 0. The first kappa shape index (κ1) is 17.5. The van der Waals surface area contributed by atoms with Crippen LogP contribution in [0.2, 0.25) is 0 Å². The lowest BCUT2D eigenvalue weighted by Crippen LogP contribution is -2.41. The van der Waals surface area contributed by atoms with Gasteiger partial charge in [0.2, 0.25) is 11.0 Å². The van der Waals surface area contributed by atoms with Crippen molar-refractivity contribution in [3.63, 3.8) is 0 Å². The smallest absolute Gasteiger partial charge is 0.223 e. The molecule has 0 unspecified atom stereocenters. The van der Waals surface area contributed by atoms with Gasteiger partial charge in [0, 0.05) is 43.5 Å². The molecule has 2 heterocycles. The van der Waals surface area contributed by atoms with Gasteiger partial charge in [-0.3, -0.25) is 4.79 Å². The molecule has 1 amide bonds. The second kappa shape index (κ2) is 8.16. The van der Waals surface area contributed by atoms with Crippen LogP contribution >= 0.6 is 11.5 Å². The molecule has 0 radical (unpaired) electrons. The summed E-state index contributed by atoms with van der Waals surface area (Å²) in [4.78, 5) is 19.0. The zero-order valence-electron chi connectivity index (χ0n) is 15.1. The third-order valence-electron chi connectivity index (χ3n) is 5.59.